The Balaban J connectivity index is 2.40. The minimum absolute atomic E-state index is 0.0418. The molecule has 6 heteroatoms. The predicted molar refractivity (Wildman–Crippen MR) is 48.3 cm³/mol. The van der Waals surface area contributed by atoms with Crippen molar-refractivity contribution in [3.63, 3.8) is 0 Å². The highest BCUT2D eigenvalue weighted by atomic mass is 19.4. The number of aldehydes is 1. The topological polar surface area (TPSA) is 39.2 Å². The van der Waals surface area contributed by atoms with Gasteiger partial charge in [0.1, 0.15) is 5.75 Å². The van der Waals surface area contributed by atoms with Crippen molar-refractivity contribution in [2.24, 2.45) is 0 Å². The van der Waals surface area contributed by atoms with Gasteiger partial charge in [0.2, 0.25) is 0 Å². The Morgan fingerprint density at radius 2 is 2.12 bits per heavy atom. The SMILES string of the molecule is O=Cc1c(OC2CC2)ccnc1C(F)(F)F. The summed E-state index contributed by atoms with van der Waals surface area (Å²) in [5.74, 6) is -0.0418. The summed E-state index contributed by atoms with van der Waals surface area (Å²) in [7, 11) is 0. The van der Waals surface area contributed by atoms with E-state index in [1.807, 2.05) is 0 Å². The van der Waals surface area contributed by atoms with Crippen molar-refractivity contribution in [2.45, 2.75) is 25.1 Å². The Hall–Kier alpha value is -1.59. The molecule has 0 bridgehead atoms. The molecular formula is C10H8F3NO2. The molecule has 0 spiro atoms. The van der Waals surface area contributed by atoms with Gasteiger partial charge in [-0.05, 0) is 18.9 Å². The summed E-state index contributed by atoms with van der Waals surface area (Å²) in [6, 6.07) is 1.28. The van der Waals surface area contributed by atoms with E-state index in [1.54, 1.807) is 0 Å². The fraction of sp³-hybridized carbons (Fsp3) is 0.400. The number of hydrogen-bond donors (Lipinski definition) is 0. The summed E-state index contributed by atoms with van der Waals surface area (Å²) < 4.78 is 42.7. The van der Waals surface area contributed by atoms with Crippen LogP contribution in [0.25, 0.3) is 0 Å². The molecule has 1 heterocycles. The third-order valence-electron chi connectivity index (χ3n) is 2.15. The maximum absolute atomic E-state index is 12.5. The fourth-order valence-electron chi connectivity index (χ4n) is 1.26. The van der Waals surface area contributed by atoms with Gasteiger partial charge in [0.15, 0.2) is 12.0 Å². The van der Waals surface area contributed by atoms with E-state index in [0.29, 0.717) is 0 Å². The Bertz CT molecular complexity index is 413. The van der Waals surface area contributed by atoms with Gasteiger partial charge < -0.3 is 4.74 Å². The van der Waals surface area contributed by atoms with Crippen molar-refractivity contribution in [3.05, 3.63) is 23.5 Å². The normalized spacial score (nSPS) is 15.9. The molecule has 0 saturated heterocycles. The molecular weight excluding hydrogens is 223 g/mol. The lowest BCUT2D eigenvalue weighted by Gasteiger charge is -2.12. The van der Waals surface area contributed by atoms with Gasteiger partial charge in [-0.1, -0.05) is 0 Å². The first-order valence-corrected chi connectivity index (χ1v) is 4.70. The summed E-state index contributed by atoms with van der Waals surface area (Å²) in [6.07, 6.45) is -1.97. The van der Waals surface area contributed by atoms with Gasteiger partial charge in [-0.2, -0.15) is 13.2 Å². The van der Waals surface area contributed by atoms with Crippen LogP contribution in [0.1, 0.15) is 28.9 Å². The Morgan fingerprint density at radius 1 is 1.44 bits per heavy atom. The first kappa shape index (κ1) is 10.9. The number of carbonyl (C=O) groups excluding carboxylic acids is 1. The Morgan fingerprint density at radius 3 is 2.62 bits per heavy atom. The maximum atomic E-state index is 12.5. The number of nitrogens with zero attached hydrogens (tertiary/aromatic N) is 1. The molecule has 1 aromatic rings. The molecule has 0 aromatic carbocycles. The fourth-order valence-corrected chi connectivity index (χ4v) is 1.26. The summed E-state index contributed by atoms with van der Waals surface area (Å²) in [5, 5.41) is 0. The molecule has 0 amide bonds. The van der Waals surface area contributed by atoms with Crippen LogP contribution in [0.5, 0.6) is 5.75 Å². The molecule has 0 N–H and O–H groups in total. The number of alkyl halides is 3. The number of halogens is 3. The third-order valence-corrected chi connectivity index (χ3v) is 2.15. The maximum Gasteiger partial charge on any atom is 0.434 e. The minimum atomic E-state index is -4.64. The molecule has 3 nitrogen and oxygen atoms in total. The van der Waals surface area contributed by atoms with Crippen molar-refractivity contribution >= 4 is 6.29 Å². The molecule has 1 aromatic heterocycles. The number of pyridine rings is 1. The van der Waals surface area contributed by atoms with Crippen LogP contribution in [0, 0.1) is 0 Å². The molecule has 1 fully saturated rings. The van der Waals surface area contributed by atoms with Crippen molar-refractivity contribution in [1.82, 2.24) is 4.98 Å². The van der Waals surface area contributed by atoms with Crippen LogP contribution < -0.4 is 4.74 Å². The Kier molecular flexibility index (Phi) is 2.57. The average molecular weight is 231 g/mol. The summed E-state index contributed by atoms with van der Waals surface area (Å²) in [5.41, 5.74) is -1.72. The second kappa shape index (κ2) is 3.77. The molecule has 0 radical (unpaired) electrons. The molecule has 2 rings (SSSR count). The average Bonchev–Trinajstić information content (AvgIpc) is 3.00. The largest absolute Gasteiger partial charge is 0.490 e. The van der Waals surface area contributed by atoms with Crippen molar-refractivity contribution in [3.8, 4) is 5.75 Å². The first-order chi connectivity index (χ1) is 7.52. The first-order valence-electron chi connectivity index (χ1n) is 4.70. The molecule has 16 heavy (non-hydrogen) atoms. The van der Waals surface area contributed by atoms with Crippen LogP contribution in [0.15, 0.2) is 12.3 Å². The zero-order valence-corrected chi connectivity index (χ0v) is 8.12. The van der Waals surface area contributed by atoms with Gasteiger partial charge in [0.05, 0.1) is 11.7 Å². The molecule has 0 aliphatic heterocycles. The minimum Gasteiger partial charge on any atom is -0.490 e. The van der Waals surface area contributed by atoms with E-state index in [0.717, 1.165) is 19.0 Å². The molecule has 86 valence electrons. The van der Waals surface area contributed by atoms with E-state index in [2.05, 4.69) is 4.98 Å². The van der Waals surface area contributed by atoms with Crippen molar-refractivity contribution < 1.29 is 22.7 Å². The van der Waals surface area contributed by atoms with Crippen LogP contribution >= 0.6 is 0 Å². The number of carbonyl (C=O) groups is 1. The van der Waals surface area contributed by atoms with Gasteiger partial charge >= 0.3 is 6.18 Å². The van der Waals surface area contributed by atoms with Gasteiger partial charge in [-0.3, -0.25) is 9.78 Å². The highest BCUT2D eigenvalue weighted by molar-refractivity contribution is 5.81. The molecule has 1 aliphatic carbocycles. The molecule has 1 aliphatic rings. The van der Waals surface area contributed by atoms with Gasteiger partial charge in [-0.25, -0.2) is 0 Å². The van der Waals surface area contributed by atoms with E-state index in [4.69, 9.17) is 4.74 Å². The molecule has 0 unspecified atom stereocenters. The van der Waals surface area contributed by atoms with Crippen molar-refractivity contribution in [2.75, 3.05) is 0 Å². The predicted octanol–water partition coefficient (Wildman–Crippen LogP) is 2.45. The summed E-state index contributed by atoms with van der Waals surface area (Å²) in [4.78, 5) is 13.8. The highest BCUT2D eigenvalue weighted by Gasteiger charge is 2.37. The van der Waals surface area contributed by atoms with E-state index in [-0.39, 0.29) is 18.1 Å². The summed E-state index contributed by atoms with van der Waals surface area (Å²) >= 11 is 0. The zero-order valence-electron chi connectivity index (χ0n) is 8.12. The quantitative estimate of drug-likeness (QED) is 0.750. The van der Waals surface area contributed by atoms with Crippen LogP contribution in [0.2, 0.25) is 0 Å². The van der Waals surface area contributed by atoms with E-state index >= 15 is 0 Å². The van der Waals surface area contributed by atoms with Gasteiger partial charge in [0, 0.05) is 6.20 Å². The van der Waals surface area contributed by atoms with E-state index in [9.17, 15) is 18.0 Å². The van der Waals surface area contributed by atoms with Crippen molar-refractivity contribution in [1.29, 1.82) is 0 Å². The summed E-state index contributed by atoms with van der Waals surface area (Å²) in [6.45, 7) is 0. The Labute approximate surface area is 89.2 Å². The number of ether oxygens (including phenoxy) is 1. The monoisotopic (exact) mass is 231 g/mol. The van der Waals surface area contributed by atoms with Gasteiger partial charge in [0.25, 0.3) is 0 Å². The zero-order chi connectivity index (χ0) is 11.8. The second-order valence-electron chi connectivity index (χ2n) is 3.50. The standard InChI is InChI=1S/C10H8F3NO2/c11-10(12,13)9-7(5-15)8(3-4-14-9)16-6-1-2-6/h3-6H,1-2H2. The smallest absolute Gasteiger partial charge is 0.434 e. The van der Waals surface area contributed by atoms with Crippen LogP contribution in [-0.4, -0.2) is 17.4 Å². The lowest BCUT2D eigenvalue weighted by Crippen LogP contribution is -2.13. The van der Waals surface area contributed by atoms with E-state index in [1.165, 1.54) is 6.07 Å². The third kappa shape index (κ3) is 2.15. The van der Waals surface area contributed by atoms with E-state index < -0.39 is 17.4 Å². The van der Waals surface area contributed by atoms with Gasteiger partial charge in [-0.15, -0.1) is 0 Å². The lowest BCUT2D eigenvalue weighted by atomic mass is 10.2. The number of rotatable bonds is 3. The molecule has 0 atom stereocenters. The highest BCUT2D eigenvalue weighted by Crippen LogP contribution is 2.35. The number of aromatic nitrogens is 1. The molecule has 1 saturated carbocycles. The second-order valence-corrected chi connectivity index (χ2v) is 3.50. The van der Waals surface area contributed by atoms with Crippen LogP contribution in [-0.2, 0) is 6.18 Å². The van der Waals surface area contributed by atoms with Crippen LogP contribution in [0.4, 0.5) is 13.2 Å². The lowest BCUT2D eigenvalue weighted by molar-refractivity contribution is -0.141. The number of hydrogen-bond acceptors (Lipinski definition) is 3. The van der Waals surface area contributed by atoms with Crippen LogP contribution in [0.3, 0.4) is 0 Å².